The molecule has 0 aromatic rings. The van der Waals surface area contributed by atoms with Crippen LogP contribution in [0, 0.1) is 6.42 Å². The fourth-order valence-electron chi connectivity index (χ4n) is 0.916. The lowest BCUT2D eigenvalue weighted by molar-refractivity contribution is -0.118. The molecule has 0 aliphatic carbocycles. The maximum atomic E-state index is 11.3. The maximum Gasteiger partial charge on any atom is 0.354 e. The Bertz CT molecular complexity index is 468. The lowest BCUT2D eigenvalue weighted by Gasteiger charge is -2.36. The van der Waals surface area contributed by atoms with Gasteiger partial charge >= 0.3 is 15.3 Å². The summed E-state index contributed by atoms with van der Waals surface area (Å²) in [5, 5.41) is -1.53. The number of primary amides is 1. The minimum absolute atomic E-state index is 0.0540. The number of hydrogen-bond donors (Lipinski definition) is 2. The third kappa shape index (κ3) is 6.01. The van der Waals surface area contributed by atoms with Gasteiger partial charge in [0, 0.05) is 13.0 Å². The van der Waals surface area contributed by atoms with Crippen molar-refractivity contribution in [3.63, 3.8) is 0 Å². The van der Waals surface area contributed by atoms with Gasteiger partial charge in [0.15, 0.2) is 8.32 Å². The van der Waals surface area contributed by atoms with Gasteiger partial charge < -0.3 is 10.2 Å². The van der Waals surface area contributed by atoms with E-state index in [2.05, 4.69) is 39.6 Å². The Kier molecular flexibility index (Phi) is 6.37. The van der Waals surface area contributed by atoms with E-state index < -0.39 is 29.5 Å². The minimum Gasteiger partial charge on any atom is -0.417 e. The van der Waals surface area contributed by atoms with Crippen molar-refractivity contribution in [3.8, 4) is 0 Å². The maximum absolute atomic E-state index is 11.3. The third-order valence-corrected chi connectivity index (χ3v) is 8.74. The summed E-state index contributed by atoms with van der Waals surface area (Å²) < 4.78 is 29.4. The van der Waals surface area contributed by atoms with Gasteiger partial charge in [-0.15, -0.1) is 0 Å². The summed E-state index contributed by atoms with van der Waals surface area (Å²) in [6.45, 7) is 10.7. The SMILES string of the molecule is CC(C)(C)[Si](C)(C)OC[CH]CC(=O)NS(=O)(=O)C(N)=O. The van der Waals surface area contributed by atoms with E-state index >= 15 is 0 Å². The second kappa shape index (κ2) is 6.68. The van der Waals surface area contributed by atoms with Gasteiger partial charge in [0.05, 0.1) is 0 Å². The Morgan fingerprint density at radius 1 is 1.30 bits per heavy atom. The average Bonchev–Trinajstić information content (AvgIpc) is 2.22. The number of carbonyl (C=O) groups is 2. The molecule has 0 aromatic carbocycles. The van der Waals surface area contributed by atoms with Crippen LogP contribution in [0.2, 0.25) is 18.1 Å². The van der Waals surface area contributed by atoms with Crippen molar-refractivity contribution in [2.75, 3.05) is 6.61 Å². The zero-order valence-corrected chi connectivity index (χ0v) is 14.3. The largest absolute Gasteiger partial charge is 0.417 e. The molecule has 3 N–H and O–H groups in total. The zero-order valence-electron chi connectivity index (χ0n) is 12.5. The molecule has 0 aliphatic rings. The first-order chi connectivity index (χ1) is 8.79. The van der Waals surface area contributed by atoms with Gasteiger partial charge in [0.25, 0.3) is 0 Å². The monoisotopic (exact) mass is 323 g/mol. The van der Waals surface area contributed by atoms with E-state index in [1.54, 1.807) is 4.72 Å². The van der Waals surface area contributed by atoms with E-state index in [-0.39, 0.29) is 18.1 Å². The number of nitrogens with one attached hydrogen (secondary N) is 1. The van der Waals surface area contributed by atoms with Gasteiger partial charge in [-0.1, -0.05) is 20.8 Å². The topological polar surface area (TPSA) is 116 Å². The van der Waals surface area contributed by atoms with Crippen molar-refractivity contribution in [1.29, 1.82) is 0 Å². The van der Waals surface area contributed by atoms with Crippen molar-refractivity contribution in [2.45, 2.75) is 45.3 Å². The summed E-state index contributed by atoms with van der Waals surface area (Å²) in [6.07, 6.45) is 1.35. The molecule has 9 heteroatoms. The Hall–Kier alpha value is -0.933. The zero-order chi connectivity index (χ0) is 16.2. The molecule has 0 saturated carbocycles. The van der Waals surface area contributed by atoms with Crippen molar-refractivity contribution < 1.29 is 22.4 Å². The minimum atomic E-state index is -4.40. The van der Waals surface area contributed by atoms with Gasteiger partial charge in [0.1, 0.15) is 0 Å². The molecule has 0 unspecified atom stereocenters. The molecular weight excluding hydrogens is 300 g/mol. The first-order valence-electron chi connectivity index (χ1n) is 6.10. The van der Waals surface area contributed by atoms with Crippen LogP contribution in [0.4, 0.5) is 4.79 Å². The van der Waals surface area contributed by atoms with Crippen LogP contribution in [0.25, 0.3) is 0 Å². The van der Waals surface area contributed by atoms with E-state index in [4.69, 9.17) is 4.43 Å². The molecule has 0 aromatic heterocycles. The van der Waals surface area contributed by atoms with E-state index in [0.29, 0.717) is 0 Å². The van der Waals surface area contributed by atoms with Crippen LogP contribution in [0.1, 0.15) is 27.2 Å². The summed E-state index contributed by atoms with van der Waals surface area (Å²) in [6, 6.07) is 0. The highest BCUT2D eigenvalue weighted by atomic mass is 32.2. The first-order valence-corrected chi connectivity index (χ1v) is 10.5. The molecule has 0 heterocycles. The summed E-state index contributed by atoms with van der Waals surface area (Å²) in [5.74, 6) is -0.817. The van der Waals surface area contributed by atoms with Crippen molar-refractivity contribution in [3.05, 3.63) is 6.42 Å². The van der Waals surface area contributed by atoms with Crippen LogP contribution in [0.5, 0.6) is 0 Å². The third-order valence-electron chi connectivity index (χ3n) is 3.21. The van der Waals surface area contributed by atoms with Crippen LogP contribution >= 0.6 is 0 Å². The number of rotatable bonds is 5. The molecule has 0 spiro atoms. The fraction of sp³-hybridized carbons (Fsp3) is 0.727. The second-order valence-corrected chi connectivity index (χ2v) is 12.3. The van der Waals surface area contributed by atoms with E-state index in [0.717, 1.165) is 0 Å². The summed E-state index contributed by atoms with van der Waals surface area (Å²) in [5.41, 5.74) is 4.61. The lowest BCUT2D eigenvalue weighted by Crippen LogP contribution is -2.41. The van der Waals surface area contributed by atoms with Gasteiger partial charge in [-0.3, -0.25) is 9.59 Å². The number of sulfonamides is 1. The summed E-state index contributed by atoms with van der Waals surface area (Å²) in [4.78, 5) is 21.8. The molecule has 0 bridgehead atoms. The molecular formula is C11H23N2O5SSi. The highest BCUT2D eigenvalue weighted by Crippen LogP contribution is 2.36. The Morgan fingerprint density at radius 2 is 1.80 bits per heavy atom. The smallest absolute Gasteiger partial charge is 0.354 e. The van der Waals surface area contributed by atoms with Crippen LogP contribution in [-0.2, 0) is 19.2 Å². The molecule has 117 valence electrons. The predicted octanol–water partition coefficient (Wildman–Crippen LogP) is 1.13. The predicted molar refractivity (Wildman–Crippen MR) is 78.7 cm³/mol. The normalized spacial score (nSPS) is 13.1. The van der Waals surface area contributed by atoms with Gasteiger partial charge in [-0.05, 0) is 24.6 Å². The number of amides is 2. The highest BCUT2D eigenvalue weighted by molar-refractivity contribution is 8.04. The molecule has 0 saturated heterocycles. The highest BCUT2D eigenvalue weighted by Gasteiger charge is 2.36. The first kappa shape index (κ1) is 19.1. The molecule has 0 fully saturated rings. The van der Waals surface area contributed by atoms with Crippen LogP contribution in [-0.4, -0.2) is 34.5 Å². The van der Waals surface area contributed by atoms with Gasteiger partial charge in [0.2, 0.25) is 5.91 Å². The molecule has 2 amide bonds. The lowest BCUT2D eigenvalue weighted by atomic mass is 10.2. The molecule has 1 radical (unpaired) electrons. The van der Waals surface area contributed by atoms with Crippen molar-refractivity contribution >= 4 is 29.5 Å². The van der Waals surface area contributed by atoms with Crippen molar-refractivity contribution in [1.82, 2.24) is 4.72 Å². The fourth-order valence-corrected chi connectivity index (χ4v) is 2.37. The summed E-state index contributed by atoms with van der Waals surface area (Å²) in [7, 11) is -6.30. The Morgan fingerprint density at radius 3 is 2.20 bits per heavy atom. The number of nitrogens with two attached hydrogens (primary N) is 1. The average molecular weight is 323 g/mol. The van der Waals surface area contributed by atoms with E-state index in [1.807, 2.05) is 0 Å². The van der Waals surface area contributed by atoms with Crippen LogP contribution in [0.15, 0.2) is 0 Å². The van der Waals surface area contributed by atoms with Crippen LogP contribution < -0.4 is 10.5 Å². The number of hydrogen-bond acceptors (Lipinski definition) is 5. The molecule has 7 nitrogen and oxygen atoms in total. The summed E-state index contributed by atoms with van der Waals surface area (Å²) >= 11 is 0. The molecule has 20 heavy (non-hydrogen) atoms. The molecule has 0 rings (SSSR count). The molecule has 0 atom stereocenters. The molecule has 0 aliphatic heterocycles. The standard InChI is InChI=1S/C11H23N2O5SSi/c1-11(2,3)20(4,5)18-8-6-7-9(14)13-19(16,17)10(12)15/h6H,7-8H2,1-5H3,(H2,12,15)(H,13,14). The number of carbonyl (C=O) groups excluding carboxylic acids is 2. The van der Waals surface area contributed by atoms with Crippen molar-refractivity contribution in [2.24, 2.45) is 5.73 Å². The quantitative estimate of drug-likeness (QED) is 0.581. The van der Waals surface area contributed by atoms with Gasteiger partial charge in [-0.2, -0.15) is 8.42 Å². The van der Waals surface area contributed by atoms with Gasteiger partial charge in [-0.25, -0.2) is 4.72 Å². The Labute approximate surface area is 121 Å². The Balaban J connectivity index is 4.16. The van der Waals surface area contributed by atoms with E-state index in [9.17, 15) is 18.0 Å². The second-order valence-electron chi connectivity index (χ2n) is 5.91. The van der Waals surface area contributed by atoms with E-state index in [1.165, 1.54) is 6.42 Å². The van der Waals surface area contributed by atoms with Crippen LogP contribution in [0.3, 0.4) is 0 Å².